The van der Waals surface area contributed by atoms with E-state index in [0.29, 0.717) is 11.3 Å². The van der Waals surface area contributed by atoms with Crippen LogP contribution in [-0.2, 0) is 11.8 Å². The van der Waals surface area contributed by atoms with Crippen LogP contribution in [0.4, 0.5) is 8.78 Å². The predicted octanol–water partition coefficient (Wildman–Crippen LogP) is 4.40. The van der Waals surface area contributed by atoms with E-state index in [9.17, 15) is 18.7 Å². The van der Waals surface area contributed by atoms with E-state index in [1.807, 2.05) is 20.8 Å². The smallest absolute Gasteiger partial charge is 0.347 e. The Morgan fingerprint density at radius 2 is 2.00 bits per heavy atom. The zero-order chi connectivity index (χ0) is 16.5. The standard InChI is InChI=1S/C16H17F2NO2S/c1-4-16(2,3)15-19-12(13(22-15)14(20)21)8-9-5-6-10(17)11(18)7-9/h5-7H,4,8H2,1-3H3,(H,20,21). The second-order valence-corrected chi connectivity index (χ2v) is 6.76. The number of thiazole rings is 1. The van der Waals surface area contributed by atoms with Crippen molar-refractivity contribution < 1.29 is 18.7 Å². The molecule has 0 bridgehead atoms. The monoisotopic (exact) mass is 325 g/mol. The molecule has 2 rings (SSSR count). The molecule has 1 aromatic carbocycles. The molecule has 118 valence electrons. The molecule has 0 unspecified atom stereocenters. The van der Waals surface area contributed by atoms with Crippen LogP contribution in [0.3, 0.4) is 0 Å². The van der Waals surface area contributed by atoms with Gasteiger partial charge in [-0.25, -0.2) is 18.6 Å². The fourth-order valence-electron chi connectivity index (χ4n) is 1.92. The summed E-state index contributed by atoms with van der Waals surface area (Å²) in [7, 11) is 0. The van der Waals surface area contributed by atoms with Gasteiger partial charge in [0.15, 0.2) is 11.6 Å². The zero-order valence-corrected chi connectivity index (χ0v) is 13.4. The van der Waals surface area contributed by atoms with E-state index in [1.54, 1.807) is 0 Å². The van der Waals surface area contributed by atoms with Gasteiger partial charge in [0.05, 0.1) is 10.7 Å². The molecular formula is C16H17F2NO2S. The maximum absolute atomic E-state index is 13.3. The van der Waals surface area contributed by atoms with Crippen molar-refractivity contribution in [3.63, 3.8) is 0 Å². The van der Waals surface area contributed by atoms with Crippen molar-refractivity contribution in [1.82, 2.24) is 4.98 Å². The lowest BCUT2D eigenvalue weighted by atomic mass is 9.91. The lowest BCUT2D eigenvalue weighted by Gasteiger charge is -2.18. The third-order valence-electron chi connectivity index (χ3n) is 3.71. The minimum absolute atomic E-state index is 0.154. The number of aromatic nitrogens is 1. The maximum atomic E-state index is 13.3. The van der Waals surface area contributed by atoms with Gasteiger partial charge in [0, 0.05) is 11.8 Å². The fourth-order valence-corrected chi connectivity index (χ4v) is 3.02. The average molecular weight is 325 g/mol. The van der Waals surface area contributed by atoms with Crippen LogP contribution in [0.25, 0.3) is 0 Å². The first kappa shape index (κ1) is 16.5. The van der Waals surface area contributed by atoms with Crippen molar-refractivity contribution >= 4 is 17.3 Å². The Balaban J connectivity index is 2.41. The van der Waals surface area contributed by atoms with Crippen LogP contribution in [0.5, 0.6) is 0 Å². The topological polar surface area (TPSA) is 50.2 Å². The van der Waals surface area contributed by atoms with E-state index in [4.69, 9.17) is 0 Å². The second kappa shape index (κ2) is 6.12. The van der Waals surface area contributed by atoms with E-state index >= 15 is 0 Å². The molecule has 6 heteroatoms. The molecule has 22 heavy (non-hydrogen) atoms. The first-order valence-corrected chi connectivity index (χ1v) is 7.73. The first-order valence-electron chi connectivity index (χ1n) is 6.92. The molecule has 0 amide bonds. The molecule has 1 aromatic heterocycles. The predicted molar refractivity (Wildman–Crippen MR) is 81.6 cm³/mol. The summed E-state index contributed by atoms with van der Waals surface area (Å²) in [5, 5.41) is 10.1. The van der Waals surface area contributed by atoms with Gasteiger partial charge < -0.3 is 5.11 Å². The molecule has 0 radical (unpaired) electrons. The Labute approximate surface area is 131 Å². The number of carboxylic acid groups (broad SMARTS) is 1. The maximum Gasteiger partial charge on any atom is 0.347 e. The largest absolute Gasteiger partial charge is 0.477 e. The summed E-state index contributed by atoms with van der Waals surface area (Å²) in [4.78, 5) is 16.0. The minimum Gasteiger partial charge on any atom is -0.477 e. The molecule has 0 saturated heterocycles. The SMILES string of the molecule is CCC(C)(C)c1nc(Cc2ccc(F)c(F)c2)c(C(=O)O)s1. The van der Waals surface area contributed by atoms with Crippen molar-refractivity contribution in [2.45, 2.75) is 39.0 Å². The highest BCUT2D eigenvalue weighted by Gasteiger charge is 2.27. The minimum atomic E-state index is -1.05. The molecule has 0 aliphatic rings. The number of carbonyl (C=O) groups is 1. The summed E-state index contributed by atoms with van der Waals surface area (Å²) in [6.45, 7) is 6.01. The van der Waals surface area contributed by atoms with E-state index in [1.165, 1.54) is 6.07 Å². The lowest BCUT2D eigenvalue weighted by Crippen LogP contribution is -2.15. The number of carboxylic acids is 1. The molecule has 2 aromatic rings. The molecule has 0 aliphatic carbocycles. The van der Waals surface area contributed by atoms with Crippen molar-refractivity contribution in [2.75, 3.05) is 0 Å². The van der Waals surface area contributed by atoms with Gasteiger partial charge in [-0.3, -0.25) is 0 Å². The van der Waals surface area contributed by atoms with Gasteiger partial charge in [-0.15, -0.1) is 11.3 Å². The third kappa shape index (κ3) is 3.32. The van der Waals surface area contributed by atoms with Gasteiger partial charge >= 0.3 is 5.97 Å². The number of aromatic carboxylic acids is 1. The highest BCUT2D eigenvalue weighted by atomic mass is 32.1. The molecule has 0 aliphatic heterocycles. The Bertz CT molecular complexity index is 710. The van der Waals surface area contributed by atoms with Crippen LogP contribution < -0.4 is 0 Å². The van der Waals surface area contributed by atoms with Crippen molar-refractivity contribution in [1.29, 1.82) is 0 Å². The third-order valence-corrected chi connectivity index (χ3v) is 5.16. The molecule has 0 saturated carbocycles. The van der Waals surface area contributed by atoms with E-state index in [-0.39, 0.29) is 16.7 Å². The lowest BCUT2D eigenvalue weighted by molar-refractivity contribution is 0.0701. The molecule has 1 N–H and O–H groups in total. The highest BCUT2D eigenvalue weighted by Crippen LogP contribution is 2.33. The summed E-state index contributed by atoms with van der Waals surface area (Å²) < 4.78 is 26.2. The summed E-state index contributed by atoms with van der Waals surface area (Å²) in [5.41, 5.74) is 0.661. The summed E-state index contributed by atoms with van der Waals surface area (Å²) in [5.74, 6) is -2.92. The Morgan fingerprint density at radius 3 is 2.55 bits per heavy atom. The van der Waals surface area contributed by atoms with Gasteiger partial charge in [0.1, 0.15) is 4.88 Å². The number of benzene rings is 1. The van der Waals surface area contributed by atoms with E-state index in [2.05, 4.69) is 4.98 Å². The Hall–Kier alpha value is -1.82. The number of nitrogens with zero attached hydrogens (tertiary/aromatic N) is 1. The summed E-state index contributed by atoms with van der Waals surface area (Å²) in [6, 6.07) is 3.55. The van der Waals surface area contributed by atoms with Crippen molar-refractivity contribution in [3.8, 4) is 0 Å². The molecule has 3 nitrogen and oxygen atoms in total. The van der Waals surface area contributed by atoms with E-state index in [0.717, 1.165) is 34.9 Å². The number of halogens is 2. The number of hydrogen-bond donors (Lipinski definition) is 1. The zero-order valence-electron chi connectivity index (χ0n) is 12.6. The van der Waals surface area contributed by atoms with Crippen LogP contribution in [0, 0.1) is 11.6 Å². The van der Waals surface area contributed by atoms with Crippen LogP contribution in [0.1, 0.15) is 53.1 Å². The molecular weight excluding hydrogens is 308 g/mol. The second-order valence-electron chi connectivity index (χ2n) is 5.76. The Morgan fingerprint density at radius 1 is 1.32 bits per heavy atom. The highest BCUT2D eigenvalue weighted by molar-refractivity contribution is 7.13. The van der Waals surface area contributed by atoms with E-state index < -0.39 is 17.6 Å². The first-order chi connectivity index (χ1) is 10.2. The van der Waals surface area contributed by atoms with Crippen LogP contribution in [0.15, 0.2) is 18.2 Å². The number of rotatable bonds is 5. The molecule has 0 atom stereocenters. The van der Waals surface area contributed by atoms with Crippen LogP contribution in [0.2, 0.25) is 0 Å². The molecule has 1 heterocycles. The normalized spacial score (nSPS) is 11.7. The van der Waals surface area contributed by atoms with Gasteiger partial charge in [0.2, 0.25) is 0 Å². The number of hydrogen-bond acceptors (Lipinski definition) is 3. The van der Waals surface area contributed by atoms with Gasteiger partial charge in [-0.05, 0) is 24.1 Å². The fraction of sp³-hybridized carbons (Fsp3) is 0.375. The Kier molecular flexibility index (Phi) is 4.60. The summed E-state index contributed by atoms with van der Waals surface area (Å²) >= 11 is 1.15. The molecule has 0 spiro atoms. The van der Waals surface area contributed by atoms with Gasteiger partial charge in [0.25, 0.3) is 0 Å². The quantitative estimate of drug-likeness (QED) is 0.886. The van der Waals surface area contributed by atoms with Crippen LogP contribution >= 0.6 is 11.3 Å². The molecule has 0 fully saturated rings. The average Bonchev–Trinajstić information content (AvgIpc) is 2.88. The summed E-state index contributed by atoms with van der Waals surface area (Å²) in [6.07, 6.45) is 0.985. The van der Waals surface area contributed by atoms with Crippen LogP contribution in [-0.4, -0.2) is 16.1 Å². The van der Waals surface area contributed by atoms with Crippen molar-refractivity contribution in [2.24, 2.45) is 0 Å². The van der Waals surface area contributed by atoms with Gasteiger partial charge in [-0.2, -0.15) is 0 Å². The van der Waals surface area contributed by atoms with Crippen molar-refractivity contribution in [3.05, 3.63) is 51.0 Å². The van der Waals surface area contributed by atoms with Gasteiger partial charge in [-0.1, -0.05) is 26.8 Å².